The SMILES string of the molecule is COc1ccc2ncc(CN)c(C(O)CCC3(CO)CCN(CCSc4cccs4)CC3)c2c1. The number of hydrogen-bond donors (Lipinski definition) is 3. The summed E-state index contributed by atoms with van der Waals surface area (Å²) in [6.45, 7) is 3.52. The van der Waals surface area contributed by atoms with Crippen LogP contribution in [-0.4, -0.2) is 59.2 Å². The van der Waals surface area contributed by atoms with Crippen LogP contribution < -0.4 is 10.5 Å². The van der Waals surface area contributed by atoms with E-state index in [4.69, 9.17) is 10.5 Å². The molecule has 1 aromatic carbocycles. The Kier molecular flexibility index (Phi) is 8.85. The molecule has 4 N–H and O–H groups in total. The number of nitrogens with zero attached hydrogens (tertiary/aromatic N) is 2. The van der Waals surface area contributed by atoms with E-state index in [0.29, 0.717) is 13.0 Å². The highest BCUT2D eigenvalue weighted by Crippen LogP contribution is 2.40. The third-order valence-electron chi connectivity index (χ3n) is 7.10. The highest BCUT2D eigenvalue weighted by Gasteiger charge is 2.34. The summed E-state index contributed by atoms with van der Waals surface area (Å²) in [4.78, 5) is 7.01. The lowest BCUT2D eigenvalue weighted by atomic mass is 9.74. The number of benzene rings is 1. The van der Waals surface area contributed by atoms with E-state index in [1.54, 1.807) is 24.6 Å². The third-order valence-corrected chi connectivity index (χ3v) is 9.21. The third kappa shape index (κ3) is 5.93. The smallest absolute Gasteiger partial charge is 0.119 e. The second-order valence-corrected chi connectivity index (χ2v) is 11.5. The zero-order chi connectivity index (χ0) is 24.0. The minimum absolute atomic E-state index is 0.137. The molecule has 0 aliphatic carbocycles. The monoisotopic (exact) mass is 501 g/mol. The normalized spacial score (nSPS) is 17.2. The molecule has 0 saturated carbocycles. The summed E-state index contributed by atoms with van der Waals surface area (Å²) in [6, 6.07) is 9.98. The molecule has 6 nitrogen and oxygen atoms in total. The molecule has 8 heteroatoms. The Labute approximate surface area is 210 Å². The van der Waals surface area contributed by atoms with Gasteiger partial charge in [-0.2, -0.15) is 0 Å². The zero-order valence-corrected chi connectivity index (χ0v) is 21.4. The number of methoxy groups -OCH3 is 1. The van der Waals surface area contributed by atoms with Gasteiger partial charge in [-0.3, -0.25) is 4.98 Å². The summed E-state index contributed by atoms with van der Waals surface area (Å²) in [7, 11) is 1.63. The molecule has 0 amide bonds. The molecule has 3 aromatic rings. The Morgan fingerprint density at radius 1 is 1.29 bits per heavy atom. The van der Waals surface area contributed by atoms with Crippen LogP contribution in [0.5, 0.6) is 5.75 Å². The molecule has 34 heavy (non-hydrogen) atoms. The van der Waals surface area contributed by atoms with Gasteiger partial charge in [-0.25, -0.2) is 0 Å². The molecule has 1 unspecified atom stereocenters. The number of aliphatic hydroxyl groups is 2. The molecule has 4 rings (SSSR count). The summed E-state index contributed by atoms with van der Waals surface area (Å²) in [5.41, 5.74) is 8.37. The highest BCUT2D eigenvalue weighted by atomic mass is 32.2. The second kappa shape index (κ2) is 11.8. The van der Waals surface area contributed by atoms with Crippen molar-refractivity contribution in [1.82, 2.24) is 9.88 Å². The number of fused-ring (bicyclic) bond motifs is 1. The predicted molar refractivity (Wildman–Crippen MR) is 141 cm³/mol. The first-order valence-corrected chi connectivity index (χ1v) is 13.8. The minimum atomic E-state index is -0.667. The van der Waals surface area contributed by atoms with Crippen molar-refractivity contribution in [3.8, 4) is 5.75 Å². The number of nitrogens with two attached hydrogens (primary N) is 1. The van der Waals surface area contributed by atoms with Crippen LogP contribution in [0.1, 0.15) is 42.9 Å². The standard InChI is InChI=1S/C26H35N3O3S2/c1-32-20-4-5-22-21(15-20)25(19(16-27)17-28-22)23(31)6-7-26(18-30)8-10-29(11-9-26)12-14-34-24-3-2-13-33-24/h2-5,13,15,17,23,30-31H,6-12,14,16,18,27H2,1H3. The molecule has 0 bridgehead atoms. The average Bonchev–Trinajstić information content (AvgIpc) is 3.40. The maximum absolute atomic E-state index is 11.3. The summed E-state index contributed by atoms with van der Waals surface area (Å²) >= 11 is 3.71. The maximum Gasteiger partial charge on any atom is 0.119 e. The van der Waals surface area contributed by atoms with Crippen LogP contribution >= 0.6 is 23.1 Å². The van der Waals surface area contributed by atoms with Gasteiger partial charge in [0.05, 0.1) is 22.9 Å². The van der Waals surface area contributed by atoms with Gasteiger partial charge in [-0.1, -0.05) is 6.07 Å². The van der Waals surface area contributed by atoms with Crippen LogP contribution in [0.4, 0.5) is 0 Å². The first kappa shape index (κ1) is 25.4. The van der Waals surface area contributed by atoms with E-state index in [1.165, 1.54) is 4.21 Å². The quantitative estimate of drug-likeness (QED) is 0.335. The van der Waals surface area contributed by atoms with E-state index >= 15 is 0 Å². The number of rotatable bonds is 11. The number of pyridine rings is 1. The van der Waals surface area contributed by atoms with Crippen LogP contribution in [0.2, 0.25) is 0 Å². The van der Waals surface area contributed by atoms with Crippen LogP contribution in [0.15, 0.2) is 46.1 Å². The molecule has 2 aromatic heterocycles. The first-order chi connectivity index (χ1) is 16.6. The largest absolute Gasteiger partial charge is 0.497 e. The van der Waals surface area contributed by atoms with Gasteiger partial charge in [-0.15, -0.1) is 23.1 Å². The fourth-order valence-electron chi connectivity index (χ4n) is 4.86. The topological polar surface area (TPSA) is 91.8 Å². The van der Waals surface area contributed by atoms with Crippen LogP contribution in [0.3, 0.4) is 0 Å². The highest BCUT2D eigenvalue weighted by molar-refractivity contribution is 8.01. The zero-order valence-electron chi connectivity index (χ0n) is 19.8. The van der Waals surface area contributed by atoms with E-state index in [-0.39, 0.29) is 12.0 Å². The first-order valence-electron chi connectivity index (χ1n) is 11.9. The van der Waals surface area contributed by atoms with Crippen LogP contribution in [0.25, 0.3) is 10.9 Å². The van der Waals surface area contributed by atoms with Gasteiger partial charge in [-0.05, 0) is 85.0 Å². The summed E-state index contributed by atoms with van der Waals surface area (Å²) in [5.74, 6) is 1.82. The fraction of sp³-hybridized carbons (Fsp3) is 0.500. The van der Waals surface area contributed by atoms with Crippen molar-refractivity contribution in [3.05, 3.63) is 53.0 Å². The van der Waals surface area contributed by atoms with Gasteiger partial charge in [0.1, 0.15) is 5.75 Å². The summed E-state index contributed by atoms with van der Waals surface area (Å²) in [5, 5.41) is 24.6. The van der Waals surface area contributed by atoms with E-state index in [0.717, 1.165) is 72.4 Å². The van der Waals surface area contributed by atoms with Crippen molar-refractivity contribution < 1.29 is 14.9 Å². The molecule has 184 valence electrons. The van der Waals surface area contributed by atoms with Crippen LogP contribution in [-0.2, 0) is 6.54 Å². The Bertz CT molecular complexity index is 1050. The van der Waals surface area contributed by atoms with Gasteiger partial charge >= 0.3 is 0 Å². The number of likely N-dealkylation sites (tertiary alicyclic amines) is 1. The number of thiophene rings is 1. The molecular formula is C26H35N3O3S2. The number of hydrogen-bond acceptors (Lipinski definition) is 8. The van der Waals surface area contributed by atoms with E-state index in [9.17, 15) is 10.2 Å². The molecular weight excluding hydrogens is 466 g/mol. The lowest BCUT2D eigenvalue weighted by Crippen LogP contribution is -2.43. The predicted octanol–water partition coefficient (Wildman–Crippen LogP) is 4.44. The van der Waals surface area contributed by atoms with Crippen LogP contribution in [0, 0.1) is 5.41 Å². The Morgan fingerprint density at radius 3 is 2.79 bits per heavy atom. The second-order valence-electron chi connectivity index (χ2n) is 9.12. The average molecular weight is 502 g/mol. The van der Waals surface area contributed by atoms with E-state index < -0.39 is 6.10 Å². The minimum Gasteiger partial charge on any atom is -0.497 e. The number of piperidine rings is 1. The van der Waals surface area contributed by atoms with Crippen molar-refractivity contribution in [3.63, 3.8) is 0 Å². The summed E-state index contributed by atoms with van der Waals surface area (Å²) in [6.07, 6.45) is 4.36. The number of thioether (sulfide) groups is 1. The molecule has 1 saturated heterocycles. The van der Waals surface area contributed by atoms with E-state index in [1.807, 2.05) is 30.0 Å². The molecule has 0 spiro atoms. The Morgan fingerprint density at radius 2 is 2.12 bits per heavy atom. The van der Waals surface area contributed by atoms with Crippen molar-refractivity contribution in [2.45, 2.75) is 42.5 Å². The lowest BCUT2D eigenvalue weighted by Gasteiger charge is -2.41. The van der Waals surface area contributed by atoms with Crippen molar-refractivity contribution >= 4 is 34.0 Å². The molecule has 1 fully saturated rings. The van der Waals surface area contributed by atoms with Crippen molar-refractivity contribution in [2.24, 2.45) is 11.1 Å². The van der Waals surface area contributed by atoms with E-state index in [2.05, 4.69) is 27.4 Å². The molecule has 1 aliphatic rings. The van der Waals surface area contributed by atoms with Crippen molar-refractivity contribution in [2.75, 3.05) is 39.1 Å². The van der Waals surface area contributed by atoms with Gasteiger partial charge in [0.25, 0.3) is 0 Å². The van der Waals surface area contributed by atoms with Gasteiger partial charge in [0, 0.05) is 37.0 Å². The Balaban J connectivity index is 1.38. The Hall–Kier alpha value is -1.68. The number of aromatic nitrogens is 1. The number of aliphatic hydroxyl groups excluding tert-OH is 2. The lowest BCUT2D eigenvalue weighted by molar-refractivity contribution is 0.0253. The van der Waals surface area contributed by atoms with Gasteiger partial charge in [0.2, 0.25) is 0 Å². The molecule has 1 aliphatic heterocycles. The fourth-order valence-corrected chi connectivity index (χ4v) is 6.73. The van der Waals surface area contributed by atoms with Crippen molar-refractivity contribution in [1.29, 1.82) is 0 Å². The van der Waals surface area contributed by atoms with Gasteiger partial charge < -0.3 is 25.6 Å². The maximum atomic E-state index is 11.3. The molecule has 1 atom stereocenters. The number of ether oxygens (including phenoxy) is 1. The van der Waals surface area contributed by atoms with Gasteiger partial charge in [0.15, 0.2) is 0 Å². The molecule has 3 heterocycles. The summed E-state index contributed by atoms with van der Waals surface area (Å²) < 4.78 is 6.77. The molecule has 0 radical (unpaired) electrons.